The Morgan fingerprint density at radius 3 is 1.90 bits per heavy atom. The van der Waals surface area contributed by atoms with Gasteiger partial charge < -0.3 is 25.4 Å². The van der Waals surface area contributed by atoms with Crippen LogP contribution in [-0.4, -0.2) is 52.7 Å². The standard InChI is InChI=1S/C34H43N3O5/c1-22-13-11-14-23(2)28(22)30(31(39)36-29-24(3)15-12-16-25(29)4)37(19-20-38)32(40)27(21-26-17-9-8-10-18-26)35-33(41)42-34(5,6)7/h8-18,27,30,38H,19-21H2,1-7H3,(H,35,41)(H,36,39). The lowest BCUT2D eigenvalue weighted by Crippen LogP contribution is -2.54. The molecule has 3 aromatic rings. The molecule has 0 aromatic heterocycles. The first kappa shape index (κ1) is 32.3. The second-order valence-corrected chi connectivity index (χ2v) is 11.6. The number of aliphatic hydroxyl groups excluding tert-OH is 1. The molecule has 0 heterocycles. The zero-order valence-electron chi connectivity index (χ0n) is 25.7. The van der Waals surface area contributed by atoms with E-state index in [1.54, 1.807) is 20.8 Å². The SMILES string of the molecule is Cc1cccc(C)c1NC(=O)C(c1c(C)cccc1C)N(CCO)C(=O)C(Cc1ccccc1)NC(=O)OC(C)(C)C. The summed E-state index contributed by atoms with van der Waals surface area (Å²) in [6.45, 7) is 12.3. The maximum absolute atomic E-state index is 14.4. The molecule has 3 rings (SSSR count). The van der Waals surface area contributed by atoms with Gasteiger partial charge in [0.05, 0.1) is 6.61 Å². The Morgan fingerprint density at radius 2 is 1.38 bits per heavy atom. The smallest absolute Gasteiger partial charge is 0.408 e. The van der Waals surface area contributed by atoms with Gasteiger partial charge in [0, 0.05) is 18.7 Å². The highest BCUT2D eigenvalue weighted by atomic mass is 16.6. The molecule has 2 atom stereocenters. The molecule has 8 heteroatoms. The number of amides is 3. The third-order valence-electron chi connectivity index (χ3n) is 7.00. The van der Waals surface area contributed by atoms with Gasteiger partial charge in [-0.05, 0) is 81.8 Å². The van der Waals surface area contributed by atoms with Gasteiger partial charge in [-0.2, -0.15) is 0 Å². The Morgan fingerprint density at radius 1 is 0.833 bits per heavy atom. The summed E-state index contributed by atoms with van der Waals surface area (Å²) in [6, 6.07) is 18.6. The summed E-state index contributed by atoms with van der Waals surface area (Å²) in [6.07, 6.45) is -0.580. The topological polar surface area (TPSA) is 108 Å². The van der Waals surface area contributed by atoms with Crippen molar-refractivity contribution < 1.29 is 24.2 Å². The molecule has 2 unspecified atom stereocenters. The highest BCUT2D eigenvalue weighted by molar-refractivity contribution is 6.00. The van der Waals surface area contributed by atoms with Crippen LogP contribution >= 0.6 is 0 Å². The van der Waals surface area contributed by atoms with Gasteiger partial charge in [0.2, 0.25) is 5.91 Å². The molecule has 0 spiro atoms. The summed E-state index contributed by atoms with van der Waals surface area (Å²) in [5, 5.41) is 15.9. The van der Waals surface area contributed by atoms with Crippen molar-refractivity contribution in [3.8, 4) is 0 Å². The third kappa shape index (κ3) is 8.42. The Balaban J connectivity index is 2.11. The monoisotopic (exact) mass is 573 g/mol. The van der Waals surface area contributed by atoms with E-state index in [-0.39, 0.29) is 19.6 Å². The molecule has 0 saturated carbocycles. The van der Waals surface area contributed by atoms with E-state index in [9.17, 15) is 19.5 Å². The Kier molecular flexibility index (Phi) is 10.9. The van der Waals surface area contributed by atoms with Gasteiger partial charge in [-0.15, -0.1) is 0 Å². The molecule has 0 aliphatic rings. The van der Waals surface area contributed by atoms with Gasteiger partial charge >= 0.3 is 6.09 Å². The van der Waals surface area contributed by atoms with Gasteiger partial charge in [0.1, 0.15) is 17.7 Å². The highest BCUT2D eigenvalue weighted by Gasteiger charge is 2.37. The lowest BCUT2D eigenvalue weighted by molar-refractivity contribution is -0.141. The first-order chi connectivity index (χ1) is 19.8. The maximum atomic E-state index is 14.4. The predicted octanol–water partition coefficient (Wildman–Crippen LogP) is 5.56. The molecular weight excluding hydrogens is 530 g/mol. The zero-order chi connectivity index (χ0) is 31.0. The maximum Gasteiger partial charge on any atom is 0.408 e. The fourth-order valence-corrected chi connectivity index (χ4v) is 5.06. The summed E-state index contributed by atoms with van der Waals surface area (Å²) in [5.74, 6) is -0.926. The van der Waals surface area contributed by atoms with E-state index in [0.29, 0.717) is 11.3 Å². The van der Waals surface area contributed by atoms with E-state index in [0.717, 1.165) is 27.8 Å². The number of ether oxygens (including phenoxy) is 1. The summed E-state index contributed by atoms with van der Waals surface area (Å²) >= 11 is 0. The zero-order valence-corrected chi connectivity index (χ0v) is 25.7. The molecule has 8 nitrogen and oxygen atoms in total. The van der Waals surface area contributed by atoms with Gasteiger partial charge in [-0.25, -0.2) is 4.79 Å². The van der Waals surface area contributed by atoms with Crippen molar-refractivity contribution in [2.24, 2.45) is 0 Å². The molecule has 0 aliphatic heterocycles. The lowest BCUT2D eigenvalue weighted by atomic mass is 9.93. The molecule has 0 bridgehead atoms. The second kappa shape index (κ2) is 14.1. The van der Waals surface area contributed by atoms with Gasteiger partial charge in [0.25, 0.3) is 5.91 Å². The number of nitrogens with one attached hydrogen (secondary N) is 2. The van der Waals surface area contributed by atoms with Gasteiger partial charge in [-0.3, -0.25) is 9.59 Å². The molecule has 0 aliphatic carbocycles. The van der Waals surface area contributed by atoms with Crippen molar-refractivity contribution in [3.63, 3.8) is 0 Å². The molecule has 0 saturated heterocycles. The van der Waals surface area contributed by atoms with Crippen molar-refractivity contribution >= 4 is 23.6 Å². The molecule has 42 heavy (non-hydrogen) atoms. The summed E-state index contributed by atoms with van der Waals surface area (Å²) in [5.41, 5.74) is 4.80. The third-order valence-corrected chi connectivity index (χ3v) is 7.00. The number of aliphatic hydroxyl groups is 1. The minimum atomic E-state index is -1.08. The number of anilines is 1. The van der Waals surface area contributed by atoms with Crippen molar-refractivity contribution in [3.05, 3.63) is 100 Å². The normalized spacial score (nSPS) is 12.7. The number of aryl methyl sites for hydroxylation is 4. The number of carbonyl (C=O) groups is 3. The number of carbonyl (C=O) groups excluding carboxylic acids is 3. The fourth-order valence-electron chi connectivity index (χ4n) is 5.06. The molecule has 3 N–H and O–H groups in total. The molecule has 0 fully saturated rings. The van der Waals surface area contributed by atoms with Crippen LogP contribution in [-0.2, 0) is 20.7 Å². The van der Waals surface area contributed by atoms with E-state index >= 15 is 0 Å². The van der Waals surface area contributed by atoms with Crippen LogP contribution in [0.3, 0.4) is 0 Å². The van der Waals surface area contributed by atoms with Gasteiger partial charge in [0.15, 0.2) is 0 Å². The largest absolute Gasteiger partial charge is 0.444 e. The molecule has 0 radical (unpaired) electrons. The number of benzene rings is 3. The number of alkyl carbamates (subject to hydrolysis) is 1. The predicted molar refractivity (Wildman–Crippen MR) is 165 cm³/mol. The van der Waals surface area contributed by atoms with Crippen LogP contribution in [0.1, 0.15) is 60.2 Å². The highest BCUT2D eigenvalue weighted by Crippen LogP contribution is 2.31. The lowest BCUT2D eigenvalue weighted by Gasteiger charge is -2.35. The van der Waals surface area contributed by atoms with Crippen LogP contribution in [0.15, 0.2) is 66.7 Å². The number of hydrogen-bond acceptors (Lipinski definition) is 5. The average molecular weight is 574 g/mol. The molecular formula is C34H43N3O5. The van der Waals surface area contributed by atoms with Crippen LogP contribution in [0.5, 0.6) is 0 Å². The summed E-state index contributed by atoms with van der Waals surface area (Å²) in [4.78, 5) is 42.9. The Bertz CT molecular complexity index is 1360. The average Bonchev–Trinajstić information content (AvgIpc) is 2.91. The van der Waals surface area contributed by atoms with Gasteiger partial charge in [-0.1, -0.05) is 66.7 Å². The number of para-hydroxylation sites is 1. The summed E-state index contributed by atoms with van der Waals surface area (Å²) < 4.78 is 5.48. The quantitative estimate of drug-likeness (QED) is 0.295. The van der Waals surface area contributed by atoms with Crippen LogP contribution in [0, 0.1) is 27.7 Å². The first-order valence-electron chi connectivity index (χ1n) is 14.2. The minimum Gasteiger partial charge on any atom is -0.444 e. The van der Waals surface area contributed by atoms with E-state index < -0.39 is 35.6 Å². The van der Waals surface area contributed by atoms with Crippen LogP contribution in [0.25, 0.3) is 0 Å². The van der Waals surface area contributed by atoms with E-state index in [4.69, 9.17) is 4.74 Å². The van der Waals surface area contributed by atoms with Crippen LogP contribution in [0.2, 0.25) is 0 Å². The summed E-state index contributed by atoms with van der Waals surface area (Å²) in [7, 11) is 0. The minimum absolute atomic E-state index is 0.126. The van der Waals surface area contributed by atoms with Crippen LogP contribution in [0.4, 0.5) is 10.5 Å². The van der Waals surface area contributed by atoms with E-state index in [1.165, 1.54) is 4.90 Å². The Hall–Kier alpha value is -4.17. The first-order valence-corrected chi connectivity index (χ1v) is 14.2. The van der Waals surface area contributed by atoms with Crippen molar-refractivity contribution in [1.29, 1.82) is 0 Å². The van der Waals surface area contributed by atoms with Crippen molar-refractivity contribution in [2.75, 3.05) is 18.5 Å². The van der Waals surface area contributed by atoms with Crippen LogP contribution < -0.4 is 10.6 Å². The number of hydrogen-bond donors (Lipinski definition) is 3. The number of rotatable bonds is 10. The molecule has 3 aromatic carbocycles. The second-order valence-electron chi connectivity index (χ2n) is 11.6. The number of nitrogens with zero attached hydrogens (tertiary/aromatic N) is 1. The molecule has 3 amide bonds. The van der Waals surface area contributed by atoms with E-state index in [1.807, 2.05) is 94.4 Å². The fraction of sp³-hybridized carbons (Fsp3) is 0.382. The molecule has 224 valence electrons. The Labute approximate surface area is 249 Å². The van der Waals surface area contributed by atoms with Crippen molar-refractivity contribution in [2.45, 2.75) is 72.6 Å². The van der Waals surface area contributed by atoms with Crippen molar-refractivity contribution in [1.82, 2.24) is 10.2 Å². The van der Waals surface area contributed by atoms with E-state index in [2.05, 4.69) is 10.6 Å².